The number of nitrogens with zero attached hydrogens (tertiary/aromatic N) is 2. The summed E-state index contributed by atoms with van der Waals surface area (Å²) < 4.78 is 14.2. The van der Waals surface area contributed by atoms with Crippen LogP contribution in [0.25, 0.3) is 111 Å². The van der Waals surface area contributed by atoms with Gasteiger partial charge >= 0.3 is 0 Å². The molecule has 2 heterocycles. The maximum Gasteiger partial charge on any atom is 0.132 e. The minimum atomic E-state index is -0.708. The first kappa shape index (κ1) is 74.7. The van der Waals surface area contributed by atoms with Crippen molar-refractivity contribution >= 4 is 34.1 Å². The Morgan fingerprint density at radius 2 is 0.403 bits per heavy atom. The minimum Gasteiger partial charge on any atom is -0.457 e. The fraction of sp³-hybridized carbons (Fsp3) is 0.0308. The Morgan fingerprint density at radius 3 is 0.963 bits per heavy atom. The fourth-order valence-electron chi connectivity index (χ4n) is 25.6. The van der Waals surface area contributed by atoms with E-state index in [9.17, 15) is 0 Å². The SMILES string of the molecule is c1ccc(-c2cccc(N(c3ccc(-c4ccc5c(c4)C4(c6ccccc6-c6cc(-c7ccc8c(c7)Oc7ccccc7C87c8ccccc8-c8cc(N(c9ccccc9)c9ccc(-c%10cccc%11c%10-c%10ccccc%10C%11%10c%11ccccc%11-c%11ccccc%11%10)cc9)ccc87)ccc64)c4ccccc4-5)cc3)c3ccc4c(c3)C3(c5ccccc5Oc5ccccc53)c3ccccc3-4)c2)cc1. The van der Waals surface area contributed by atoms with Gasteiger partial charge in [-0.15, -0.1) is 0 Å². The van der Waals surface area contributed by atoms with Gasteiger partial charge in [-0.2, -0.15) is 0 Å². The summed E-state index contributed by atoms with van der Waals surface area (Å²) in [6.07, 6.45) is 0. The van der Waals surface area contributed by atoms with Gasteiger partial charge in [-0.25, -0.2) is 0 Å². The van der Waals surface area contributed by atoms with Crippen LogP contribution in [0.2, 0.25) is 0 Å². The Balaban J connectivity index is 0.522. The highest BCUT2D eigenvalue weighted by Crippen LogP contribution is 2.70. The molecule has 0 saturated heterocycles. The second-order valence-corrected chi connectivity index (χ2v) is 36.9. The first-order valence-electron chi connectivity index (χ1n) is 46.7. The minimum absolute atomic E-state index is 0.427. The normalized spacial score (nSPS) is 15.8. The topological polar surface area (TPSA) is 24.9 Å². The van der Waals surface area contributed by atoms with Gasteiger partial charge in [0, 0.05) is 56.4 Å². The molecular weight excluding hydrogens is 1620 g/mol. The van der Waals surface area contributed by atoms with E-state index in [-0.39, 0.29) is 0 Å². The predicted octanol–water partition coefficient (Wildman–Crippen LogP) is 32.9. The van der Waals surface area contributed by atoms with Crippen molar-refractivity contribution in [1.29, 1.82) is 0 Å². The van der Waals surface area contributed by atoms with Gasteiger partial charge in [0.1, 0.15) is 23.0 Å². The lowest BCUT2D eigenvalue weighted by molar-refractivity contribution is 0.436. The maximum absolute atomic E-state index is 7.35. The molecule has 2 unspecified atom stereocenters. The first-order valence-corrected chi connectivity index (χ1v) is 46.7. The van der Waals surface area contributed by atoms with E-state index in [0.29, 0.717) is 0 Å². The molecule has 29 rings (SSSR count). The molecule has 21 aromatic carbocycles. The summed E-state index contributed by atoms with van der Waals surface area (Å²) in [4.78, 5) is 4.88. The molecule has 21 aromatic rings. The van der Waals surface area contributed by atoms with Gasteiger partial charge in [0.05, 0.1) is 21.7 Å². The average Bonchev–Trinajstić information content (AvgIpc) is 1.52. The molecule has 622 valence electrons. The number of fused-ring (bicyclic) bond motifs is 38. The van der Waals surface area contributed by atoms with E-state index in [1.54, 1.807) is 0 Å². The van der Waals surface area contributed by atoms with Gasteiger partial charge in [0.15, 0.2) is 0 Å². The largest absolute Gasteiger partial charge is 0.457 e. The monoisotopic (exact) mass is 1700 g/mol. The standard InChI is InChI=1S/C130H80N2O2/c1-3-29-81(30-4-1)84-31-27-34-91(75-84)132(93-68-71-102-98-38-10-17-46-109(98)130(121(102)80-93)116-51-22-24-54-122(116)133-123-55-25-23-52-117(123)130)90-64-57-82(58-65-90)86-61-70-101-97-37-9-16-45-108(97)128(120(101)77-86)110-47-18-11-39-99(110)104-76-85(62-72-113(104)128)87-63-73-118-125(78-87)134-124-56-26-21-50-115(124)129(118)111-48-19-12-40-100(111)105-79-92(69-74-114(105)129)131(88-32-5-2-6-33-88)89-66-59-83(60-67-89)94-42-28-53-119-126(94)103-41-13-20-49-112(103)127(119)106-43-14-7-35-95(106)96-36-8-15-44-107(96)127/h1-80H. The van der Waals surface area contributed by atoms with Crippen molar-refractivity contribution in [3.63, 3.8) is 0 Å². The van der Waals surface area contributed by atoms with Crippen LogP contribution in [0, 0.1) is 0 Å². The van der Waals surface area contributed by atoms with Crippen LogP contribution in [-0.4, -0.2) is 0 Å². The number of anilines is 6. The number of hydrogen-bond donors (Lipinski definition) is 0. The second-order valence-electron chi connectivity index (χ2n) is 36.9. The van der Waals surface area contributed by atoms with Crippen LogP contribution in [0.15, 0.2) is 485 Å². The van der Waals surface area contributed by atoms with E-state index in [1.807, 2.05) is 0 Å². The van der Waals surface area contributed by atoms with E-state index in [4.69, 9.17) is 9.47 Å². The molecule has 2 atom stereocenters. The van der Waals surface area contributed by atoms with Crippen LogP contribution < -0.4 is 19.3 Å². The lowest BCUT2D eigenvalue weighted by Crippen LogP contribution is -2.32. The summed E-state index contributed by atoms with van der Waals surface area (Å²) >= 11 is 0. The van der Waals surface area contributed by atoms with Crippen LogP contribution in [0.4, 0.5) is 34.1 Å². The molecule has 134 heavy (non-hydrogen) atoms. The molecule has 4 spiro atoms. The van der Waals surface area contributed by atoms with Crippen LogP contribution in [0.5, 0.6) is 23.0 Å². The number of para-hydroxylation sites is 4. The predicted molar refractivity (Wildman–Crippen MR) is 545 cm³/mol. The fourth-order valence-corrected chi connectivity index (χ4v) is 25.6. The van der Waals surface area contributed by atoms with Gasteiger partial charge < -0.3 is 19.3 Å². The van der Waals surface area contributed by atoms with Crippen molar-refractivity contribution in [1.82, 2.24) is 0 Å². The molecule has 0 amide bonds. The molecule has 8 aliphatic rings. The summed E-state index contributed by atoms with van der Waals surface area (Å²) in [5.41, 5.74) is 48.3. The summed E-state index contributed by atoms with van der Waals surface area (Å²) in [6.45, 7) is 0. The van der Waals surface area contributed by atoms with Gasteiger partial charge in [-0.1, -0.05) is 376 Å². The molecule has 0 bridgehead atoms. The zero-order chi connectivity index (χ0) is 87.7. The van der Waals surface area contributed by atoms with Gasteiger partial charge in [-0.05, 0) is 287 Å². The number of rotatable bonds is 10. The highest BCUT2D eigenvalue weighted by Gasteiger charge is 2.57. The zero-order valence-corrected chi connectivity index (χ0v) is 72.9. The second kappa shape index (κ2) is 28.2. The average molecular weight is 1700 g/mol. The third-order valence-electron chi connectivity index (χ3n) is 30.8. The Bertz CT molecular complexity index is 8510. The highest BCUT2D eigenvalue weighted by atomic mass is 16.5. The van der Waals surface area contributed by atoms with Crippen molar-refractivity contribution in [2.24, 2.45) is 0 Å². The van der Waals surface area contributed by atoms with Gasteiger partial charge in [0.25, 0.3) is 0 Å². The molecule has 2 aliphatic heterocycles. The third-order valence-corrected chi connectivity index (χ3v) is 30.8. The van der Waals surface area contributed by atoms with Crippen molar-refractivity contribution < 1.29 is 9.47 Å². The molecule has 4 nitrogen and oxygen atoms in total. The summed E-state index contributed by atoms with van der Waals surface area (Å²) in [6, 6.07) is 182. The Kier molecular flexibility index (Phi) is 15.7. The summed E-state index contributed by atoms with van der Waals surface area (Å²) in [7, 11) is 0. The summed E-state index contributed by atoms with van der Waals surface area (Å²) in [5, 5.41) is 0. The van der Waals surface area contributed by atoms with E-state index >= 15 is 0 Å². The third kappa shape index (κ3) is 9.99. The van der Waals surface area contributed by atoms with Crippen molar-refractivity contribution in [2.75, 3.05) is 9.80 Å². The molecule has 0 fully saturated rings. The van der Waals surface area contributed by atoms with Gasteiger partial charge in [0.2, 0.25) is 0 Å². The Hall–Kier alpha value is -17.2. The smallest absolute Gasteiger partial charge is 0.132 e. The van der Waals surface area contributed by atoms with Crippen molar-refractivity contribution in [3.8, 4) is 134 Å². The molecule has 0 saturated carbocycles. The highest BCUT2D eigenvalue weighted by molar-refractivity contribution is 6.03. The first-order chi connectivity index (χ1) is 66.4. The van der Waals surface area contributed by atoms with E-state index in [1.165, 1.54) is 145 Å². The van der Waals surface area contributed by atoms with E-state index < -0.39 is 21.7 Å². The van der Waals surface area contributed by atoms with Crippen LogP contribution in [-0.2, 0) is 21.7 Å². The van der Waals surface area contributed by atoms with Gasteiger partial charge in [-0.3, -0.25) is 0 Å². The maximum atomic E-state index is 7.35. The summed E-state index contributed by atoms with van der Waals surface area (Å²) in [5.74, 6) is 3.44. The Labute approximate surface area is 778 Å². The zero-order valence-electron chi connectivity index (χ0n) is 72.9. The van der Waals surface area contributed by atoms with Crippen LogP contribution in [0.3, 0.4) is 0 Å². The lowest BCUT2D eigenvalue weighted by Gasteiger charge is -2.39. The molecule has 0 N–H and O–H groups in total. The molecule has 0 aromatic heterocycles. The van der Waals surface area contributed by atoms with Crippen molar-refractivity contribution in [3.05, 3.63) is 574 Å². The Morgan fingerprint density at radius 1 is 0.127 bits per heavy atom. The van der Waals surface area contributed by atoms with E-state index in [0.717, 1.165) is 113 Å². The quantitative estimate of drug-likeness (QED) is 0.136. The van der Waals surface area contributed by atoms with E-state index in [2.05, 4.69) is 495 Å². The number of ether oxygens (including phenoxy) is 2. The lowest BCUT2D eigenvalue weighted by atomic mass is 9.66. The number of benzene rings is 21. The molecular formula is C130H80N2O2. The number of hydrogen-bond acceptors (Lipinski definition) is 4. The van der Waals surface area contributed by atoms with Crippen LogP contribution >= 0.6 is 0 Å². The molecule has 4 heteroatoms. The van der Waals surface area contributed by atoms with Crippen LogP contribution in [0.1, 0.15) is 89.0 Å². The molecule has 6 aliphatic carbocycles. The van der Waals surface area contributed by atoms with Crippen molar-refractivity contribution in [2.45, 2.75) is 21.7 Å². The molecule has 0 radical (unpaired) electrons.